The van der Waals surface area contributed by atoms with Crippen molar-refractivity contribution in [1.82, 2.24) is 5.32 Å². The first-order chi connectivity index (χ1) is 9.44. The first kappa shape index (κ1) is 14.6. The summed E-state index contributed by atoms with van der Waals surface area (Å²) >= 11 is 0. The Hall–Kier alpha value is -1.77. The van der Waals surface area contributed by atoms with Crippen LogP contribution in [0.4, 0.5) is 5.69 Å². The molecule has 0 saturated heterocycles. The summed E-state index contributed by atoms with van der Waals surface area (Å²) in [6.07, 6.45) is 7.90. The zero-order chi connectivity index (χ0) is 14.6. The summed E-state index contributed by atoms with van der Waals surface area (Å²) in [5.41, 5.74) is 7.79. The van der Waals surface area contributed by atoms with Gasteiger partial charge >= 0.3 is 0 Å². The molecule has 0 aliphatic heterocycles. The van der Waals surface area contributed by atoms with Crippen LogP contribution in [0.1, 0.15) is 45.1 Å². The maximum Gasteiger partial charge on any atom is 0.244 e. The fourth-order valence-corrected chi connectivity index (χ4v) is 2.63. The second-order valence-electron chi connectivity index (χ2n) is 6.45. The molecule has 1 aromatic rings. The molecule has 0 atom stereocenters. The Labute approximate surface area is 121 Å². The van der Waals surface area contributed by atoms with Crippen molar-refractivity contribution in [2.45, 2.75) is 45.6 Å². The zero-order valence-corrected chi connectivity index (χ0v) is 12.4. The van der Waals surface area contributed by atoms with Gasteiger partial charge in [-0.15, -0.1) is 0 Å². The molecule has 108 valence electrons. The molecule has 1 aromatic carbocycles. The second-order valence-corrected chi connectivity index (χ2v) is 6.45. The Morgan fingerprint density at radius 3 is 2.70 bits per heavy atom. The molecular formula is C17H24N2O. The molecule has 3 N–H and O–H groups in total. The van der Waals surface area contributed by atoms with Crippen molar-refractivity contribution in [2.24, 2.45) is 5.41 Å². The van der Waals surface area contributed by atoms with E-state index in [0.29, 0.717) is 17.1 Å². The first-order valence-electron chi connectivity index (χ1n) is 7.29. The van der Waals surface area contributed by atoms with E-state index in [1.54, 1.807) is 12.2 Å². The van der Waals surface area contributed by atoms with Crippen LogP contribution in [0.2, 0.25) is 0 Å². The van der Waals surface area contributed by atoms with Crippen LogP contribution in [0.25, 0.3) is 6.08 Å². The standard InChI is InChI=1S/C17H24N2O/c1-17(2)10-8-15(9-11-17)19-16(20)7-6-13-4-3-5-14(18)12-13/h3-7,12,15H,8-11,18H2,1-2H3,(H,19,20)/b7-6+. The number of benzene rings is 1. The van der Waals surface area contributed by atoms with Gasteiger partial charge in [-0.25, -0.2) is 0 Å². The largest absolute Gasteiger partial charge is 0.399 e. The minimum Gasteiger partial charge on any atom is -0.399 e. The molecule has 0 radical (unpaired) electrons. The Kier molecular flexibility index (Phi) is 4.48. The van der Waals surface area contributed by atoms with Gasteiger partial charge < -0.3 is 11.1 Å². The molecule has 1 fully saturated rings. The normalized spacial score (nSPS) is 19.1. The molecule has 3 heteroatoms. The number of hydrogen-bond donors (Lipinski definition) is 2. The molecule has 0 spiro atoms. The first-order valence-corrected chi connectivity index (χ1v) is 7.29. The summed E-state index contributed by atoms with van der Waals surface area (Å²) in [4.78, 5) is 11.9. The van der Waals surface area contributed by atoms with E-state index in [2.05, 4.69) is 19.2 Å². The Morgan fingerprint density at radius 1 is 1.35 bits per heavy atom. The number of amides is 1. The third-order valence-electron chi connectivity index (χ3n) is 4.02. The number of anilines is 1. The van der Waals surface area contributed by atoms with Gasteiger partial charge in [-0.05, 0) is 54.9 Å². The van der Waals surface area contributed by atoms with Crippen molar-refractivity contribution in [1.29, 1.82) is 0 Å². The molecule has 1 saturated carbocycles. The van der Waals surface area contributed by atoms with Gasteiger partial charge in [-0.2, -0.15) is 0 Å². The number of rotatable bonds is 3. The molecule has 20 heavy (non-hydrogen) atoms. The van der Waals surface area contributed by atoms with Crippen molar-refractivity contribution in [3.05, 3.63) is 35.9 Å². The smallest absolute Gasteiger partial charge is 0.244 e. The van der Waals surface area contributed by atoms with Crippen LogP contribution in [-0.2, 0) is 4.79 Å². The third kappa shape index (κ3) is 4.41. The highest BCUT2D eigenvalue weighted by molar-refractivity contribution is 5.92. The minimum absolute atomic E-state index is 0.0165. The van der Waals surface area contributed by atoms with Gasteiger partial charge in [0.25, 0.3) is 0 Å². The average molecular weight is 272 g/mol. The van der Waals surface area contributed by atoms with Crippen LogP contribution in [0.5, 0.6) is 0 Å². The average Bonchev–Trinajstić information content (AvgIpc) is 2.39. The van der Waals surface area contributed by atoms with Gasteiger partial charge in [0.1, 0.15) is 0 Å². The van der Waals surface area contributed by atoms with Crippen LogP contribution in [-0.4, -0.2) is 11.9 Å². The molecule has 0 unspecified atom stereocenters. The molecule has 0 bridgehead atoms. The van der Waals surface area contributed by atoms with Crippen LogP contribution < -0.4 is 11.1 Å². The number of carbonyl (C=O) groups excluding carboxylic acids is 1. The van der Waals surface area contributed by atoms with Crippen LogP contribution in [0.15, 0.2) is 30.3 Å². The van der Waals surface area contributed by atoms with Crippen LogP contribution in [0, 0.1) is 5.41 Å². The van der Waals surface area contributed by atoms with Crippen molar-refractivity contribution in [3.8, 4) is 0 Å². The fraction of sp³-hybridized carbons (Fsp3) is 0.471. The lowest BCUT2D eigenvalue weighted by Gasteiger charge is -2.34. The Morgan fingerprint density at radius 2 is 2.05 bits per heavy atom. The van der Waals surface area contributed by atoms with E-state index in [-0.39, 0.29) is 5.91 Å². The van der Waals surface area contributed by atoms with Gasteiger partial charge in [-0.1, -0.05) is 26.0 Å². The summed E-state index contributed by atoms with van der Waals surface area (Å²) < 4.78 is 0. The fourth-order valence-electron chi connectivity index (χ4n) is 2.63. The predicted molar refractivity (Wildman–Crippen MR) is 84.1 cm³/mol. The van der Waals surface area contributed by atoms with E-state index in [4.69, 9.17) is 5.73 Å². The van der Waals surface area contributed by atoms with Gasteiger partial charge in [-0.3, -0.25) is 4.79 Å². The predicted octanol–water partition coefficient (Wildman–Crippen LogP) is 3.37. The van der Waals surface area contributed by atoms with E-state index in [9.17, 15) is 4.79 Å². The summed E-state index contributed by atoms with van der Waals surface area (Å²) in [7, 11) is 0. The van der Waals surface area contributed by atoms with Gasteiger partial charge in [0.15, 0.2) is 0 Å². The SMILES string of the molecule is CC1(C)CCC(NC(=O)/C=C/c2cccc(N)c2)CC1. The molecule has 0 aromatic heterocycles. The number of nitrogen functional groups attached to an aromatic ring is 1. The quantitative estimate of drug-likeness (QED) is 0.655. The van der Waals surface area contributed by atoms with E-state index in [1.807, 2.05) is 24.3 Å². The van der Waals surface area contributed by atoms with Gasteiger partial charge in [0.2, 0.25) is 5.91 Å². The molecule has 1 amide bonds. The lowest BCUT2D eigenvalue weighted by molar-refractivity contribution is -0.117. The summed E-state index contributed by atoms with van der Waals surface area (Å²) in [6, 6.07) is 7.83. The third-order valence-corrected chi connectivity index (χ3v) is 4.02. The molecule has 0 heterocycles. The highest BCUT2D eigenvalue weighted by Crippen LogP contribution is 2.34. The lowest BCUT2D eigenvalue weighted by atomic mass is 9.75. The van der Waals surface area contributed by atoms with Crippen molar-refractivity contribution >= 4 is 17.7 Å². The van der Waals surface area contributed by atoms with Crippen molar-refractivity contribution in [3.63, 3.8) is 0 Å². The van der Waals surface area contributed by atoms with Crippen LogP contribution >= 0.6 is 0 Å². The highest BCUT2D eigenvalue weighted by atomic mass is 16.1. The number of carbonyl (C=O) groups is 1. The van der Waals surface area contributed by atoms with Crippen molar-refractivity contribution in [2.75, 3.05) is 5.73 Å². The Balaban J connectivity index is 1.84. The number of hydrogen-bond acceptors (Lipinski definition) is 2. The zero-order valence-electron chi connectivity index (χ0n) is 12.4. The number of nitrogens with one attached hydrogen (secondary N) is 1. The summed E-state index contributed by atoms with van der Waals surface area (Å²) in [5.74, 6) is -0.0165. The topological polar surface area (TPSA) is 55.1 Å². The van der Waals surface area contributed by atoms with E-state index < -0.39 is 0 Å². The van der Waals surface area contributed by atoms with E-state index in [0.717, 1.165) is 18.4 Å². The van der Waals surface area contributed by atoms with Crippen molar-refractivity contribution < 1.29 is 4.79 Å². The maximum atomic E-state index is 11.9. The second kappa shape index (κ2) is 6.12. The summed E-state index contributed by atoms with van der Waals surface area (Å²) in [6.45, 7) is 4.59. The summed E-state index contributed by atoms with van der Waals surface area (Å²) in [5, 5.41) is 3.08. The highest BCUT2D eigenvalue weighted by Gasteiger charge is 2.27. The molecule has 1 aliphatic carbocycles. The van der Waals surface area contributed by atoms with Gasteiger partial charge in [0, 0.05) is 17.8 Å². The molecular weight excluding hydrogens is 248 g/mol. The van der Waals surface area contributed by atoms with E-state index >= 15 is 0 Å². The van der Waals surface area contributed by atoms with E-state index in [1.165, 1.54) is 12.8 Å². The molecule has 1 aliphatic rings. The lowest BCUT2D eigenvalue weighted by Crippen LogP contribution is -2.38. The monoisotopic (exact) mass is 272 g/mol. The Bertz CT molecular complexity index is 495. The molecule has 3 nitrogen and oxygen atoms in total. The maximum absolute atomic E-state index is 11.9. The molecule has 2 rings (SSSR count). The number of nitrogens with two attached hydrogens (primary N) is 1. The van der Waals surface area contributed by atoms with Gasteiger partial charge in [0.05, 0.1) is 0 Å². The minimum atomic E-state index is -0.0165. The van der Waals surface area contributed by atoms with Crippen LogP contribution in [0.3, 0.4) is 0 Å².